The fourth-order valence-electron chi connectivity index (χ4n) is 9.71. The van der Waals surface area contributed by atoms with E-state index in [9.17, 15) is 40.5 Å². The molecule has 246 valence electrons. The zero-order valence-electron chi connectivity index (χ0n) is 26.4. The molecule has 14 atom stereocenters. The van der Waals surface area contributed by atoms with Crippen molar-refractivity contribution >= 4 is 5.78 Å². The Morgan fingerprint density at radius 1 is 1.05 bits per heavy atom. The summed E-state index contributed by atoms with van der Waals surface area (Å²) < 4.78 is 11.6. The zero-order valence-corrected chi connectivity index (χ0v) is 26.4. The van der Waals surface area contributed by atoms with Gasteiger partial charge in [0.1, 0.15) is 24.4 Å². The van der Waals surface area contributed by atoms with E-state index < -0.39 is 66.1 Å². The van der Waals surface area contributed by atoms with Crippen LogP contribution in [0, 0.1) is 34.5 Å². The Balaban J connectivity index is 1.32. The zero-order chi connectivity index (χ0) is 31.7. The van der Waals surface area contributed by atoms with Crippen molar-refractivity contribution in [1.29, 1.82) is 0 Å². The van der Waals surface area contributed by atoms with Crippen LogP contribution in [0.2, 0.25) is 0 Å². The average Bonchev–Trinajstić information content (AvgIpc) is 3.23. The summed E-state index contributed by atoms with van der Waals surface area (Å²) in [4.78, 5) is 13.8. The molecule has 0 radical (unpaired) electrons. The van der Waals surface area contributed by atoms with E-state index in [1.807, 2.05) is 0 Å². The highest BCUT2D eigenvalue weighted by Crippen LogP contribution is 2.68. The maximum atomic E-state index is 13.8. The molecular weight excluding hydrogens is 556 g/mol. The number of carbonyl (C=O) groups is 1. The molecule has 0 aromatic heterocycles. The molecule has 3 saturated carbocycles. The van der Waals surface area contributed by atoms with Gasteiger partial charge < -0.3 is 45.2 Å². The first-order chi connectivity index (χ1) is 20.0. The van der Waals surface area contributed by atoms with Gasteiger partial charge >= 0.3 is 0 Å². The molecule has 7 N–H and O–H groups in total. The Morgan fingerprint density at radius 2 is 1.74 bits per heavy atom. The minimum Gasteiger partial charge on any atom is -0.394 e. The topological polar surface area (TPSA) is 177 Å². The van der Waals surface area contributed by atoms with Crippen molar-refractivity contribution in [3.63, 3.8) is 0 Å². The SMILES string of the molecule is C[C@H]([C@H](O)CCC(C)(C)O)[C@H]1CC[C@@]2(O)C3=CC(=O)[C@@H]4C[C@@H](O[C@@H]5O[C@H](CO)[C@H](O)[C@H](O)[C@H]5O)CC[C@]4(C)[C@H]3CC[C@]12C. The summed E-state index contributed by atoms with van der Waals surface area (Å²) in [5, 5.41) is 74.0. The number of hydrogen-bond donors (Lipinski definition) is 7. The molecule has 1 heterocycles. The van der Waals surface area contributed by atoms with Gasteiger partial charge in [-0.3, -0.25) is 4.79 Å². The van der Waals surface area contributed by atoms with Crippen LogP contribution in [0.25, 0.3) is 0 Å². The molecule has 1 aliphatic heterocycles. The van der Waals surface area contributed by atoms with Gasteiger partial charge in [0, 0.05) is 11.3 Å². The van der Waals surface area contributed by atoms with Crippen LogP contribution in [0.5, 0.6) is 0 Å². The van der Waals surface area contributed by atoms with Crippen LogP contribution >= 0.6 is 0 Å². The monoisotopic (exact) mass is 610 g/mol. The number of aliphatic hydroxyl groups excluding tert-OH is 5. The lowest BCUT2D eigenvalue weighted by Gasteiger charge is -2.60. The maximum Gasteiger partial charge on any atom is 0.186 e. The van der Waals surface area contributed by atoms with Gasteiger partial charge in [-0.25, -0.2) is 0 Å². The third kappa shape index (κ3) is 5.57. The van der Waals surface area contributed by atoms with Crippen LogP contribution < -0.4 is 0 Å². The van der Waals surface area contributed by atoms with E-state index in [2.05, 4.69) is 20.8 Å². The standard InChI is InChI=1S/C33H54O10/c1-17(23(35)9-10-30(2,3)40)19-8-13-33(41)21-15-24(36)22-14-18(6-11-31(22,4)20(21)7-12-32(19,33)5)42-29-28(39)27(38)26(37)25(16-34)43-29/h15,17-20,22-23,25-29,34-35,37-41H,6-14,16H2,1-5H3/t17-,18-,19+,20-,22-,23+,25+,26-,27-,28+,29+,31+,32+,33+/m0/s1. The summed E-state index contributed by atoms with van der Waals surface area (Å²) in [5.41, 5.74) is -1.98. The highest BCUT2D eigenvalue weighted by molar-refractivity contribution is 5.95. The molecule has 10 nitrogen and oxygen atoms in total. The molecule has 0 aromatic rings. The van der Waals surface area contributed by atoms with Gasteiger partial charge in [0.15, 0.2) is 12.1 Å². The minimum atomic E-state index is -1.52. The van der Waals surface area contributed by atoms with E-state index in [4.69, 9.17) is 9.47 Å². The number of carbonyl (C=O) groups excluding carboxylic acids is 1. The van der Waals surface area contributed by atoms with Crippen LogP contribution in [-0.4, -0.2) is 102 Å². The molecule has 1 saturated heterocycles. The molecule has 5 aliphatic rings. The van der Waals surface area contributed by atoms with Crippen LogP contribution in [0.15, 0.2) is 11.6 Å². The first-order valence-electron chi connectivity index (χ1n) is 16.3. The molecule has 4 fully saturated rings. The predicted octanol–water partition coefficient (Wildman–Crippen LogP) is 1.59. The Morgan fingerprint density at radius 3 is 2.40 bits per heavy atom. The second-order valence-corrected chi connectivity index (χ2v) is 15.6. The first-order valence-corrected chi connectivity index (χ1v) is 16.3. The van der Waals surface area contributed by atoms with Gasteiger partial charge in [0.05, 0.1) is 30.0 Å². The van der Waals surface area contributed by atoms with Crippen molar-refractivity contribution in [2.45, 2.75) is 147 Å². The third-order valence-corrected chi connectivity index (χ3v) is 12.6. The molecule has 4 aliphatic carbocycles. The minimum absolute atomic E-state index is 0.0322. The van der Waals surface area contributed by atoms with Crippen molar-refractivity contribution in [2.24, 2.45) is 34.5 Å². The number of ketones is 1. The molecular formula is C33H54O10. The molecule has 0 aromatic carbocycles. The van der Waals surface area contributed by atoms with Crippen molar-refractivity contribution in [2.75, 3.05) is 6.61 Å². The van der Waals surface area contributed by atoms with E-state index in [1.165, 1.54) is 0 Å². The van der Waals surface area contributed by atoms with E-state index in [-0.39, 0.29) is 34.9 Å². The van der Waals surface area contributed by atoms with Crippen molar-refractivity contribution in [3.8, 4) is 0 Å². The maximum absolute atomic E-state index is 13.8. The van der Waals surface area contributed by atoms with Gasteiger partial charge in [-0.05, 0) is 106 Å². The summed E-state index contributed by atoms with van der Waals surface area (Å²) in [6, 6.07) is 0. The highest BCUT2D eigenvalue weighted by Gasteiger charge is 2.66. The lowest BCUT2D eigenvalue weighted by molar-refractivity contribution is -0.315. The van der Waals surface area contributed by atoms with Crippen molar-refractivity contribution < 1.29 is 50.0 Å². The number of allylic oxidation sites excluding steroid dienone is 1. The largest absolute Gasteiger partial charge is 0.394 e. The van der Waals surface area contributed by atoms with Gasteiger partial charge in [-0.15, -0.1) is 0 Å². The molecule has 0 unspecified atom stereocenters. The van der Waals surface area contributed by atoms with Gasteiger partial charge in [0.25, 0.3) is 0 Å². The van der Waals surface area contributed by atoms with E-state index in [1.54, 1.807) is 19.9 Å². The summed E-state index contributed by atoms with van der Waals surface area (Å²) >= 11 is 0. The summed E-state index contributed by atoms with van der Waals surface area (Å²) in [7, 11) is 0. The number of hydrogen-bond acceptors (Lipinski definition) is 10. The fraction of sp³-hybridized carbons (Fsp3) is 0.909. The van der Waals surface area contributed by atoms with Crippen LogP contribution in [-0.2, 0) is 14.3 Å². The van der Waals surface area contributed by atoms with Crippen LogP contribution in [0.1, 0.15) is 92.4 Å². The summed E-state index contributed by atoms with van der Waals surface area (Å²) in [5.74, 6) is -0.306. The van der Waals surface area contributed by atoms with E-state index in [0.29, 0.717) is 38.5 Å². The Hall–Kier alpha value is -0.950. The summed E-state index contributed by atoms with van der Waals surface area (Å²) in [6.07, 6.45) is -0.458. The number of aliphatic hydroxyl groups is 7. The number of ether oxygens (including phenoxy) is 2. The molecule has 0 spiro atoms. The van der Waals surface area contributed by atoms with E-state index >= 15 is 0 Å². The highest BCUT2D eigenvalue weighted by atomic mass is 16.7. The quantitative estimate of drug-likeness (QED) is 0.214. The second-order valence-electron chi connectivity index (χ2n) is 15.6. The van der Waals surface area contributed by atoms with Gasteiger partial charge in [-0.1, -0.05) is 20.8 Å². The first kappa shape index (κ1) is 33.4. The smallest absolute Gasteiger partial charge is 0.186 e. The predicted molar refractivity (Wildman–Crippen MR) is 156 cm³/mol. The Labute approximate surface area is 255 Å². The van der Waals surface area contributed by atoms with Crippen molar-refractivity contribution in [3.05, 3.63) is 11.6 Å². The second kappa shape index (κ2) is 11.7. The molecule has 0 amide bonds. The van der Waals surface area contributed by atoms with Gasteiger partial charge in [-0.2, -0.15) is 0 Å². The lowest BCUT2D eigenvalue weighted by atomic mass is 9.46. The molecule has 5 rings (SSSR count). The van der Waals surface area contributed by atoms with E-state index in [0.717, 1.165) is 24.8 Å². The lowest BCUT2D eigenvalue weighted by Crippen LogP contribution is -2.61. The Bertz CT molecular complexity index is 1070. The van der Waals surface area contributed by atoms with Gasteiger partial charge in [0.2, 0.25) is 0 Å². The summed E-state index contributed by atoms with van der Waals surface area (Å²) in [6.45, 7) is 9.29. The van der Waals surface area contributed by atoms with Crippen LogP contribution in [0.3, 0.4) is 0 Å². The number of rotatable bonds is 8. The average molecular weight is 611 g/mol. The molecule has 0 bridgehead atoms. The number of fused-ring (bicyclic) bond motifs is 5. The fourth-order valence-corrected chi connectivity index (χ4v) is 9.71. The van der Waals surface area contributed by atoms with Crippen LogP contribution in [0.4, 0.5) is 0 Å². The third-order valence-electron chi connectivity index (χ3n) is 12.6. The molecule has 10 heteroatoms. The normalized spacial score (nSPS) is 48.1. The Kier molecular flexibility index (Phi) is 9.08. The van der Waals surface area contributed by atoms with Crippen molar-refractivity contribution in [1.82, 2.24) is 0 Å². The molecule has 43 heavy (non-hydrogen) atoms.